The number of fused-ring (bicyclic) bond motifs is 2. The van der Waals surface area contributed by atoms with Crippen LogP contribution in [0.5, 0.6) is 11.5 Å². The Hall–Kier alpha value is -3.89. The van der Waals surface area contributed by atoms with Gasteiger partial charge in [-0.05, 0) is 47.4 Å². The first-order valence-corrected chi connectivity index (χ1v) is 11.1. The van der Waals surface area contributed by atoms with E-state index in [1.54, 1.807) is 12.4 Å². The van der Waals surface area contributed by atoms with Gasteiger partial charge in [0.25, 0.3) is 0 Å². The zero-order chi connectivity index (χ0) is 22.8. The fourth-order valence-electron chi connectivity index (χ4n) is 4.45. The summed E-state index contributed by atoms with van der Waals surface area (Å²) in [6.07, 6.45) is 6.24. The molecule has 3 aliphatic heterocycles. The third kappa shape index (κ3) is 4.38. The molecule has 7 heteroatoms. The number of hydrogen-bond donors (Lipinski definition) is 0. The zero-order valence-corrected chi connectivity index (χ0v) is 18.4. The standard InChI is InChI=1S/C26H25N5O2/c1-2-3-20-6-7-24-11-22(20)15-30-9-8-29(17-26(30)32)16-23-13-28-18-31(23)14-19-4-5-21(12-27)25(10-19)33-24/h2,4-7,10-11,13,18H,1,3,8-9,14-17H2. The van der Waals surface area contributed by atoms with Gasteiger partial charge in [-0.1, -0.05) is 18.2 Å². The number of piperazine rings is 1. The van der Waals surface area contributed by atoms with Gasteiger partial charge in [-0.25, -0.2) is 4.98 Å². The molecule has 1 unspecified atom stereocenters. The van der Waals surface area contributed by atoms with E-state index >= 15 is 0 Å². The molecule has 4 heterocycles. The van der Waals surface area contributed by atoms with E-state index in [2.05, 4.69) is 27.1 Å². The molecule has 2 aromatic carbocycles. The summed E-state index contributed by atoms with van der Waals surface area (Å²) in [5.41, 5.74) is 4.70. The Morgan fingerprint density at radius 2 is 2.03 bits per heavy atom. The quantitative estimate of drug-likeness (QED) is 0.572. The summed E-state index contributed by atoms with van der Waals surface area (Å²) in [4.78, 5) is 21.4. The van der Waals surface area contributed by atoms with Gasteiger partial charge in [0.2, 0.25) is 5.91 Å². The van der Waals surface area contributed by atoms with Crippen molar-refractivity contribution in [2.75, 3.05) is 19.6 Å². The van der Waals surface area contributed by atoms with Crippen LogP contribution in [-0.2, 0) is 30.8 Å². The molecule has 33 heavy (non-hydrogen) atoms. The Morgan fingerprint density at radius 1 is 1.12 bits per heavy atom. The number of carbonyl (C=O) groups excluding carboxylic acids is 1. The molecule has 1 fully saturated rings. The maximum Gasteiger partial charge on any atom is 0.237 e. The van der Waals surface area contributed by atoms with Gasteiger partial charge in [-0.3, -0.25) is 9.69 Å². The van der Waals surface area contributed by atoms with Crippen molar-refractivity contribution in [2.24, 2.45) is 0 Å². The van der Waals surface area contributed by atoms with Crippen LogP contribution in [0.25, 0.3) is 0 Å². The average molecular weight is 440 g/mol. The van der Waals surface area contributed by atoms with Crippen molar-refractivity contribution in [1.82, 2.24) is 19.4 Å². The number of benzene rings is 2. The first-order chi connectivity index (χ1) is 16.1. The second-order valence-corrected chi connectivity index (χ2v) is 8.51. The van der Waals surface area contributed by atoms with Crippen LogP contribution in [0.15, 0.2) is 61.6 Å². The number of carbonyl (C=O) groups is 1. The molecule has 0 aliphatic carbocycles. The van der Waals surface area contributed by atoms with E-state index in [9.17, 15) is 10.1 Å². The summed E-state index contributed by atoms with van der Waals surface area (Å²) in [5, 5.41) is 9.61. The molecule has 1 saturated heterocycles. The number of rotatable bonds is 2. The lowest BCUT2D eigenvalue weighted by molar-refractivity contribution is -0.136. The second-order valence-electron chi connectivity index (χ2n) is 8.51. The van der Waals surface area contributed by atoms with E-state index in [-0.39, 0.29) is 5.91 Å². The normalized spacial score (nSPS) is 17.7. The van der Waals surface area contributed by atoms with Gasteiger partial charge in [0.1, 0.15) is 17.6 Å². The fraction of sp³-hybridized carbons (Fsp3) is 0.269. The molecular formula is C26H25N5O2. The lowest BCUT2D eigenvalue weighted by Crippen LogP contribution is -2.49. The van der Waals surface area contributed by atoms with Crippen LogP contribution in [-0.4, -0.2) is 44.9 Å². The van der Waals surface area contributed by atoms with Gasteiger partial charge in [-0.2, -0.15) is 5.26 Å². The Labute approximate surface area is 193 Å². The minimum Gasteiger partial charge on any atom is -0.456 e. The molecule has 0 radical (unpaired) electrons. The average Bonchev–Trinajstić information content (AvgIpc) is 3.23. The van der Waals surface area contributed by atoms with Gasteiger partial charge in [0.05, 0.1) is 24.1 Å². The highest BCUT2D eigenvalue weighted by Gasteiger charge is 2.25. The predicted molar refractivity (Wildman–Crippen MR) is 124 cm³/mol. The molecule has 7 nitrogen and oxygen atoms in total. The van der Waals surface area contributed by atoms with E-state index < -0.39 is 0 Å². The van der Waals surface area contributed by atoms with Crippen LogP contribution < -0.4 is 4.74 Å². The minimum atomic E-state index is 0.118. The predicted octanol–water partition coefficient (Wildman–Crippen LogP) is 3.48. The van der Waals surface area contributed by atoms with Crippen molar-refractivity contribution >= 4 is 5.91 Å². The molecule has 1 atom stereocenters. The molecule has 166 valence electrons. The monoisotopic (exact) mass is 439 g/mol. The number of allylic oxidation sites excluding steroid dienone is 1. The van der Waals surface area contributed by atoms with Gasteiger partial charge < -0.3 is 14.2 Å². The van der Waals surface area contributed by atoms with E-state index in [0.29, 0.717) is 56.2 Å². The van der Waals surface area contributed by atoms with Crippen molar-refractivity contribution < 1.29 is 9.53 Å². The van der Waals surface area contributed by atoms with Crippen molar-refractivity contribution in [3.05, 3.63) is 89.5 Å². The van der Waals surface area contributed by atoms with E-state index in [1.165, 1.54) is 0 Å². The van der Waals surface area contributed by atoms with Gasteiger partial charge >= 0.3 is 0 Å². The molecule has 1 aromatic heterocycles. The zero-order valence-electron chi connectivity index (χ0n) is 18.4. The van der Waals surface area contributed by atoms with Gasteiger partial charge in [0.15, 0.2) is 0 Å². The molecule has 0 saturated carbocycles. The summed E-state index contributed by atoms with van der Waals surface area (Å²) < 4.78 is 8.28. The number of imidazole rings is 1. The molecule has 0 N–H and O–H groups in total. The molecule has 3 aliphatic rings. The number of amides is 1. The SMILES string of the molecule is C=CCc1ccc2cc1CN1CCN(CC1=O)Cc1cncn1Cc1ccc(C#N)c(c1)O2. The molecule has 6 rings (SSSR count). The smallest absolute Gasteiger partial charge is 0.237 e. The van der Waals surface area contributed by atoms with Crippen molar-refractivity contribution in [2.45, 2.75) is 26.1 Å². The number of nitriles is 1. The van der Waals surface area contributed by atoms with E-state index in [1.807, 2.05) is 47.5 Å². The van der Waals surface area contributed by atoms with Crippen molar-refractivity contribution in [3.8, 4) is 17.6 Å². The van der Waals surface area contributed by atoms with E-state index in [0.717, 1.165) is 28.9 Å². The van der Waals surface area contributed by atoms with Crippen molar-refractivity contribution in [3.63, 3.8) is 0 Å². The van der Waals surface area contributed by atoms with E-state index in [4.69, 9.17) is 4.74 Å². The number of ether oxygens (including phenoxy) is 1. The lowest BCUT2D eigenvalue weighted by Gasteiger charge is -2.35. The Balaban J connectivity index is 1.59. The molecule has 6 bridgehead atoms. The summed E-state index contributed by atoms with van der Waals surface area (Å²) in [6, 6.07) is 13.8. The summed E-state index contributed by atoms with van der Waals surface area (Å²) in [6.45, 7) is 7.53. The lowest BCUT2D eigenvalue weighted by atomic mass is 10.0. The molecular weight excluding hydrogens is 414 g/mol. The minimum absolute atomic E-state index is 0.118. The Morgan fingerprint density at radius 3 is 2.85 bits per heavy atom. The largest absolute Gasteiger partial charge is 0.456 e. The Kier molecular flexibility index (Phi) is 5.68. The van der Waals surface area contributed by atoms with Crippen LogP contribution in [0, 0.1) is 11.3 Å². The number of aromatic nitrogens is 2. The van der Waals surface area contributed by atoms with Crippen LogP contribution in [0.4, 0.5) is 0 Å². The number of nitrogens with zero attached hydrogens (tertiary/aromatic N) is 5. The highest BCUT2D eigenvalue weighted by atomic mass is 16.5. The summed E-state index contributed by atoms with van der Waals surface area (Å²) >= 11 is 0. The summed E-state index contributed by atoms with van der Waals surface area (Å²) in [5.74, 6) is 1.29. The van der Waals surface area contributed by atoms with Crippen LogP contribution in [0.1, 0.15) is 27.9 Å². The van der Waals surface area contributed by atoms with Crippen LogP contribution in [0.2, 0.25) is 0 Å². The highest BCUT2D eigenvalue weighted by Crippen LogP contribution is 2.30. The second kappa shape index (κ2) is 8.93. The first kappa shape index (κ1) is 21.0. The maximum absolute atomic E-state index is 13.0. The van der Waals surface area contributed by atoms with Crippen molar-refractivity contribution in [1.29, 1.82) is 5.26 Å². The topological polar surface area (TPSA) is 74.4 Å². The third-order valence-electron chi connectivity index (χ3n) is 6.23. The fourth-order valence-corrected chi connectivity index (χ4v) is 4.45. The Bertz CT molecular complexity index is 1260. The molecule has 1 amide bonds. The first-order valence-electron chi connectivity index (χ1n) is 11.1. The van der Waals surface area contributed by atoms with Crippen LogP contribution >= 0.6 is 0 Å². The van der Waals surface area contributed by atoms with Gasteiger partial charge in [0, 0.05) is 38.9 Å². The highest BCUT2D eigenvalue weighted by molar-refractivity contribution is 5.79. The molecule has 0 spiro atoms. The maximum atomic E-state index is 13.0. The summed E-state index contributed by atoms with van der Waals surface area (Å²) in [7, 11) is 0. The van der Waals surface area contributed by atoms with Gasteiger partial charge in [-0.15, -0.1) is 6.58 Å². The van der Waals surface area contributed by atoms with Crippen LogP contribution in [0.3, 0.4) is 0 Å². The number of hydrogen-bond acceptors (Lipinski definition) is 5. The molecule has 3 aromatic rings. The third-order valence-corrected chi connectivity index (χ3v) is 6.23.